The van der Waals surface area contributed by atoms with Gasteiger partial charge in [-0.05, 0) is 76.0 Å². The van der Waals surface area contributed by atoms with Gasteiger partial charge in [0.15, 0.2) is 11.5 Å². The predicted molar refractivity (Wildman–Crippen MR) is 91.4 cm³/mol. The molecule has 120 valence electrons. The molecular weight excluding hydrogens is 387 g/mol. The van der Waals surface area contributed by atoms with Crippen molar-refractivity contribution in [2.45, 2.75) is 0 Å². The maximum absolute atomic E-state index is 12.1. The third-order valence-corrected chi connectivity index (χ3v) is 3.73. The van der Waals surface area contributed by atoms with E-state index in [1.54, 1.807) is 18.2 Å². The first kappa shape index (κ1) is 19.8. The number of hydrogen-bond donors (Lipinski definition) is 0. The van der Waals surface area contributed by atoms with Gasteiger partial charge in [-0.2, -0.15) is 0 Å². The van der Waals surface area contributed by atoms with Gasteiger partial charge in [0.1, 0.15) is 0 Å². The molecule has 4 rings (SSSR count). The van der Waals surface area contributed by atoms with E-state index in [2.05, 4.69) is 0 Å². The number of hydrogen-bond acceptors (Lipinski definition) is 2. The summed E-state index contributed by atoms with van der Waals surface area (Å²) in [5.41, 5.74) is 0.408. The van der Waals surface area contributed by atoms with E-state index >= 15 is 0 Å². The maximum Gasteiger partial charge on any atom is 2.00 e. The van der Waals surface area contributed by atoms with Crippen molar-refractivity contribution in [2.24, 2.45) is 0 Å². The summed E-state index contributed by atoms with van der Waals surface area (Å²) >= 11 is 11.9. The first-order valence-corrected chi connectivity index (χ1v) is 7.72. The van der Waals surface area contributed by atoms with Gasteiger partial charge in [-0.25, -0.2) is 0 Å². The molecule has 2 aliphatic carbocycles. The molecule has 2 nitrogen and oxygen atoms in total. The van der Waals surface area contributed by atoms with Gasteiger partial charge in [-0.3, -0.25) is 4.79 Å². The molecule has 5 heteroatoms. The normalized spacial score (nSPS) is 21.1. The van der Waals surface area contributed by atoms with E-state index in [0.717, 1.165) is 5.92 Å². The number of rotatable bonds is 1. The van der Waals surface area contributed by atoms with Gasteiger partial charge in [0.25, 0.3) is 0 Å². The van der Waals surface area contributed by atoms with Crippen molar-refractivity contribution in [1.82, 2.24) is 0 Å². The van der Waals surface area contributed by atoms with Crippen LogP contribution in [0.4, 0.5) is 0 Å². The van der Waals surface area contributed by atoms with Crippen LogP contribution in [0.15, 0.2) is 24.0 Å². The molecule has 0 aromatic heterocycles. The summed E-state index contributed by atoms with van der Waals surface area (Å²) < 4.78 is 5.50. The second-order valence-corrected chi connectivity index (χ2v) is 5.73. The van der Waals surface area contributed by atoms with Crippen LogP contribution in [0.5, 0.6) is 5.75 Å². The SMILES string of the molecule is O=C1/C(=C/[C]2[CH][CH][CH][CH]2)Oc2c(Cl)cc(Cl)cc21.[CH]1[CH][CH][CH][CH]1.[Fe+2]. The molecular formula is C19H12Cl2FeO2+2. The molecule has 1 aromatic carbocycles. The molecule has 2 fully saturated rings. The van der Waals surface area contributed by atoms with Crippen molar-refractivity contribution in [1.29, 1.82) is 0 Å². The van der Waals surface area contributed by atoms with Crippen molar-refractivity contribution in [3.05, 3.63) is 103 Å². The summed E-state index contributed by atoms with van der Waals surface area (Å²) in [6.45, 7) is 0. The zero-order chi connectivity index (χ0) is 16.2. The number of benzene rings is 1. The second kappa shape index (κ2) is 9.29. The van der Waals surface area contributed by atoms with Crippen LogP contribution in [-0.4, -0.2) is 5.78 Å². The zero-order valence-corrected chi connectivity index (χ0v) is 15.0. The van der Waals surface area contributed by atoms with Gasteiger partial charge >= 0.3 is 17.1 Å². The zero-order valence-electron chi connectivity index (χ0n) is 12.4. The van der Waals surface area contributed by atoms with Crippen LogP contribution in [0, 0.1) is 63.7 Å². The van der Waals surface area contributed by atoms with E-state index in [1.807, 2.05) is 57.8 Å². The van der Waals surface area contributed by atoms with Crippen LogP contribution in [0.1, 0.15) is 10.4 Å². The van der Waals surface area contributed by atoms with E-state index in [0.29, 0.717) is 21.4 Å². The minimum absolute atomic E-state index is 0. The average Bonchev–Trinajstić information content (AvgIpc) is 3.26. The topological polar surface area (TPSA) is 26.3 Å². The van der Waals surface area contributed by atoms with Crippen LogP contribution < -0.4 is 4.74 Å². The molecule has 0 bridgehead atoms. The fraction of sp³-hybridized carbons (Fsp3) is 0. The summed E-state index contributed by atoms with van der Waals surface area (Å²) in [5.74, 6) is 1.35. The molecule has 24 heavy (non-hydrogen) atoms. The Morgan fingerprint density at radius 3 is 2.04 bits per heavy atom. The van der Waals surface area contributed by atoms with Crippen LogP contribution in [0.2, 0.25) is 10.0 Å². The molecule has 0 saturated heterocycles. The molecule has 10 radical (unpaired) electrons. The molecule has 1 aromatic rings. The van der Waals surface area contributed by atoms with E-state index in [-0.39, 0.29) is 28.6 Å². The van der Waals surface area contributed by atoms with Gasteiger partial charge in [0.05, 0.1) is 10.6 Å². The molecule has 0 spiro atoms. The van der Waals surface area contributed by atoms with Gasteiger partial charge < -0.3 is 4.74 Å². The first-order valence-electron chi connectivity index (χ1n) is 6.97. The van der Waals surface area contributed by atoms with Crippen molar-refractivity contribution < 1.29 is 26.6 Å². The van der Waals surface area contributed by atoms with E-state index in [4.69, 9.17) is 27.9 Å². The van der Waals surface area contributed by atoms with Gasteiger partial charge in [0, 0.05) is 10.9 Å². The third kappa shape index (κ3) is 4.79. The summed E-state index contributed by atoms with van der Waals surface area (Å²) in [5, 5.41) is 0.766. The summed E-state index contributed by atoms with van der Waals surface area (Å²) in [6, 6.07) is 3.12. The molecule has 1 aliphatic heterocycles. The summed E-state index contributed by atoms with van der Waals surface area (Å²) in [6.07, 6.45) is 19.3. The molecule has 0 unspecified atom stereocenters. The molecule has 3 aliphatic rings. The Kier molecular flexibility index (Phi) is 7.68. The Bertz CT molecular complexity index is 610. The van der Waals surface area contributed by atoms with Crippen LogP contribution >= 0.6 is 23.2 Å². The van der Waals surface area contributed by atoms with Crippen molar-refractivity contribution in [3.8, 4) is 5.75 Å². The second-order valence-electron chi connectivity index (χ2n) is 4.88. The Morgan fingerprint density at radius 1 is 0.875 bits per heavy atom. The third-order valence-electron chi connectivity index (χ3n) is 3.23. The first-order chi connectivity index (χ1) is 11.1. The number of halogens is 2. The Hall–Kier alpha value is -0.471. The monoisotopic (exact) mass is 398 g/mol. The van der Waals surface area contributed by atoms with Gasteiger partial charge in [-0.15, -0.1) is 0 Å². The number of allylic oxidation sites excluding steroid dienone is 2. The minimum Gasteiger partial charge on any atom is -0.451 e. The number of fused-ring (bicyclic) bond motifs is 1. The van der Waals surface area contributed by atoms with Gasteiger partial charge in [-0.1, -0.05) is 23.2 Å². The average molecular weight is 399 g/mol. The van der Waals surface area contributed by atoms with Crippen molar-refractivity contribution in [3.63, 3.8) is 0 Å². The molecule has 0 N–H and O–H groups in total. The standard InChI is InChI=1S/C14H7Cl2O2.C5H5.Fe/c15-9-6-10-13(17)12(5-8-3-1-2-4-8)18-14(10)11(16)7-9;1-2-4-5-3-1;/h1-7H;1-5H;/q;;+2/b12-5-;;. The van der Waals surface area contributed by atoms with Crippen LogP contribution in [0.3, 0.4) is 0 Å². The smallest absolute Gasteiger partial charge is 0.451 e. The minimum atomic E-state index is -0.199. The summed E-state index contributed by atoms with van der Waals surface area (Å²) in [4.78, 5) is 12.1. The number of carbonyl (C=O) groups excluding carboxylic acids is 1. The number of carbonyl (C=O) groups is 1. The fourth-order valence-electron chi connectivity index (χ4n) is 2.17. The quantitative estimate of drug-likeness (QED) is 0.498. The fourth-order valence-corrected chi connectivity index (χ4v) is 2.71. The molecule has 2 saturated carbocycles. The number of ether oxygens (including phenoxy) is 1. The predicted octanol–water partition coefficient (Wildman–Crippen LogP) is 4.88. The van der Waals surface area contributed by atoms with E-state index in [1.165, 1.54) is 0 Å². The van der Waals surface area contributed by atoms with E-state index in [9.17, 15) is 4.79 Å². The van der Waals surface area contributed by atoms with Gasteiger partial charge in [0.2, 0.25) is 5.78 Å². The van der Waals surface area contributed by atoms with E-state index < -0.39 is 0 Å². The van der Waals surface area contributed by atoms with Crippen LogP contribution in [0.25, 0.3) is 0 Å². The Morgan fingerprint density at radius 2 is 1.46 bits per heavy atom. The maximum atomic E-state index is 12.1. The van der Waals surface area contributed by atoms with Crippen LogP contribution in [-0.2, 0) is 17.1 Å². The number of ketones is 1. The largest absolute Gasteiger partial charge is 2.00 e. The van der Waals surface area contributed by atoms with Crippen molar-refractivity contribution >= 4 is 29.0 Å². The molecule has 0 atom stereocenters. The summed E-state index contributed by atoms with van der Waals surface area (Å²) in [7, 11) is 0. The number of Topliss-reactive ketones (excluding diaryl/α,β-unsaturated/α-hetero) is 1. The Labute approximate surface area is 164 Å². The molecule has 0 amide bonds. The van der Waals surface area contributed by atoms with Crippen molar-refractivity contribution in [2.75, 3.05) is 0 Å². The Balaban J connectivity index is 0.000000300. The molecule has 1 heterocycles.